The number of allylic oxidation sites excluding steroid dienone is 2. The van der Waals surface area contributed by atoms with Crippen molar-refractivity contribution in [2.45, 2.75) is 69.9 Å². The quantitative estimate of drug-likeness (QED) is 0.422. The van der Waals surface area contributed by atoms with Crippen LogP contribution in [0.3, 0.4) is 0 Å². The molecule has 3 amide bonds. The number of fused-ring (bicyclic) bond motifs is 1. The van der Waals surface area contributed by atoms with Crippen molar-refractivity contribution in [3.8, 4) is 0 Å². The zero-order valence-corrected chi connectivity index (χ0v) is 17.5. The van der Waals surface area contributed by atoms with Gasteiger partial charge in [-0.25, -0.2) is 4.79 Å². The molecule has 5 aliphatic carbocycles. The molecule has 1 heterocycles. The summed E-state index contributed by atoms with van der Waals surface area (Å²) in [5.74, 6) is -0.223. The van der Waals surface area contributed by atoms with Crippen molar-refractivity contribution in [3.05, 3.63) is 12.2 Å². The van der Waals surface area contributed by atoms with E-state index in [2.05, 4.69) is 5.32 Å². The molecule has 30 heavy (non-hydrogen) atoms. The van der Waals surface area contributed by atoms with Gasteiger partial charge in [0, 0.05) is 5.54 Å². The van der Waals surface area contributed by atoms with Crippen LogP contribution in [0.5, 0.6) is 0 Å². The molecule has 7 nitrogen and oxygen atoms in total. The maximum atomic E-state index is 12.6. The molecular weight excluding hydrogens is 384 g/mol. The summed E-state index contributed by atoms with van der Waals surface area (Å²) in [5.41, 5.74) is -0.132. The molecule has 1 saturated heterocycles. The van der Waals surface area contributed by atoms with Gasteiger partial charge in [0.25, 0.3) is 5.91 Å². The minimum Gasteiger partial charge on any atom is -0.454 e. The van der Waals surface area contributed by atoms with Crippen LogP contribution in [0.2, 0.25) is 0 Å². The van der Waals surface area contributed by atoms with Gasteiger partial charge >= 0.3 is 5.97 Å². The van der Waals surface area contributed by atoms with Gasteiger partial charge < -0.3 is 10.1 Å². The van der Waals surface area contributed by atoms with E-state index in [1.165, 1.54) is 26.2 Å². The van der Waals surface area contributed by atoms with Crippen LogP contribution in [0.15, 0.2) is 12.2 Å². The standard InChI is InChI=1S/C23H30N2O5/c1-13(25-20(27)17-4-2-3-5-18(17)21(25)28)22(29)30-12-19(26)24-23-9-14-6-15(10-23)8-16(7-14)11-23/h2-3,13-18H,4-12H2,1H3,(H,24,26)/t13-,14?,15?,16?,17+,18+,23?/m0/s1. The number of nitrogens with zero attached hydrogens (tertiary/aromatic N) is 1. The van der Waals surface area contributed by atoms with Crippen LogP contribution in [-0.4, -0.2) is 46.8 Å². The molecule has 6 aliphatic rings. The average Bonchev–Trinajstić information content (AvgIpc) is 2.95. The number of imide groups is 1. The van der Waals surface area contributed by atoms with Crippen molar-refractivity contribution in [2.75, 3.05) is 6.61 Å². The first-order chi connectivity index (χ1) is 14.3. The Morgan fingerprint density at radius 2 is 1.53 bits per heavy atom. The summed E-state index contributed by atoms with van der Waals surface area (Å²) in [5, 5.41) is 3.17. The fraction of sp³-hybridized carbons (Fsp3) is 0.739. The third kappa shape index (κ3) is 3.26. The zero-order chi connectivity index (χ0) is 21.0. The molecule has 0 unspecified atom stereocenters. The molecule has 4 saturated carbocycles. The molecule has 0 aromatic heterocycles. The number of amides is 3. The van der Waals surface area contributed by atoms with Crippen molar-refractivity contribution in [1.82, 2.24) is 10.2 Å². The van der Waals surface area contributed by atoms with E-state index in [9.17, 15) is 19.2 Å². The van der Waals surface area contributed by atoms with Gasteiger partial charge in [0.15, 0.2) is 6.61 Å². The number of nitrogens with one attached hydrogen (secondary N) is 1. The molecule has 5 fully saturated rings. The van der Waals surface area contributed by atoms with Crippen LogP contribution in [0.4, 0.5) is 0 Å². The number of rotatable bonds is 5. The molecule has 6 rings (SSSR count). The third-order valence-electron chi connectivity index (χ3n) is 8.06. The van der Waals surface area contributed by atoms with Crippen LogP contribution in [0.25, 0.3) is 0 Å². The lowest BCUT2D eigenvalue weighted by Crippen LogP contribution is -2.60. The monoisotopic (exact) mass is 414 g/mol. The maximum absolute atomic E-state index is 12.6. The Morgan fingerprint density at radius 1 is 1.03 bits per heavy atom. The summed E-state index contributed by atoms with van der Waals surface area (Å²) < 4.78 is 5.23. The lowest BCUT2D eigenvalue weighted by Gasteiger charge is -2.56. The first kappa shape index (κ1) is 19.8. The molecule has 0 radical (unpaired) electrons. The van der Waals surface area contributed by atoms with E-state index in [1.54, 1.807) is 0 Å². The number of hydrogen-bond donors (Lipinski definition) is 1. The normalized spacial score (nSPS) is 39.8. The number of hydrogen-bond acceptors (Lipinski definition) is 5. The molecule has 7 heteroatoms. The molecule has 0 aromatic carbocycles. The number of carbonyl (C=O) groups excluding carboxylic acids is 4. The summed E-state index contributed by atoms with van der Waals surface area (Å²) in [6.45, 7) is 1.13. The number of ether oxygens (including phenoxy) is 1. The minimum atomic E-state index is -1.01. The third-order valence-corrected chi connectivity index (χ3v) is 8.06. The lowest BCUT2D eigenvalue weighted by molar-refractivity contribution is -0.160. The SMILES string of the molecule is C[C@@H](C(=O)OCC(=O)NC12CC3CC(CC(C3)C1)C2)N1C(=O)[C@@H]2CC=CC[C@H]2C1=O. The molecular formula is C23H30N2O5. The highest BCUT2D eigenvalue weighted by Gasteiger charge is 2.52. The van der Waals surface area contributed by atoms with Gasteiger partial charge in [-0.2, -0.15) is 0 Å². The Balaban J connectivity index is 1.16. The minimum absolute atomic E-state index is 0.132. The van der Waals surface area contributed by atoms with Gasteiger partial charge in [0.1, 0.15) is 6.04 Å². The van der Waals surface area contributed by atoms with Crippen LogP contribution in [-0.2, 0) is 23.9 Å². The summed E-state index contributed by atoms with van der Waals surface area (Å²) >= 11 is 0. The highest BCUT2D eigenvalue weighted by Crippen LogP contribution is 2.55. The molecule has 162 valence electrons. The Labute approximate surface area is 176 Å². The topological polar surface area (TPSA) is 92.8 Å². The smallest absolute Gasteiger partial charge is 0.329 e. The fourth-order valence-electron chi connectivity index (χ4n) is 7.17. The Bertz CT molecular complexity index is 757. The largest absolute Gasteiger partial charge is 0.454 e. The van der Waals surface area contributed by atoms with Crippen LogP contribution in [0.1, 0.15) is 58.3 Å². The van der Waals surface area contributed by atoms with Gasteiger partial charge in [-0.3, -0.25) is 19.3 Å². The van der Waals surface area contributed by atoms with E-state index in [4.69, 9.17) is 4.74 Å². The average molecular weight is 415 g/mol. The van der Waals surface area contributed by atoms with E-state index in [0.29, 0.717) is 30.6 Å². The van der Waals surface area contributed by atoms with E-state index >= 15 is 0 Å². The van der Waals surface area contributed by atoms with Crippen molar-refractivity contribution < 1.29 is 23.9 Å². The summed E-state index contributed by atoms with van der Waals surface area (Å²) in [6, 6.07) is -1.01. The van der Waals surface area contributed by atoms with Gasteiger partial charge in [-0.05, 0) is 76.0 Å². The first-order valence-corrected chi connectivity index (χ1v) is 11.3. The Hall–Kier alpha value is -2.18. The van der Waals surface area contributed by atoms with Gasteiger partial charge in [0.05, 0.1) is 11.8 Å². The molecule has 1 N–H and O–H groups in total. The molecule has 4 bridgehead atoms. The van der Waals surface area contributed by atoms with E-state index in [0.717, 1.165) is 24.2 Å². The van der Waals surface area contributed by atoms with Crippen molar-refractivity contribution in [2.24, 2.45) is 29.6 Å². The zero-order valence-electron chi connectivity index (χ0n) is 17.5. The number of carbonyl (C=O) groups is 4. The summed E-state index contributed by atoms with van der Waals surface area (Å²) in [7, 11) is 0. The predicted molar refractivity (Wildman–Crippen MR) is 107 cm³/mol. The van der Waals surface area contributed by atoms with Crippen LogP contribution < -0.4 is 5.32 Å². The Kier molecular flexibility index (Phi) is 4.75. The Morgan fingerprint density at radius 3 is 2.03 bits per heavy atom. The predicted octanol–water partition coefficient (Wildman–Crippen LogP) is 1.95. The number of esters is 1. The first-order valence-electron chi connectivity index (χ1n) is 11.3. The fourth-order valence-corrected chi connectivity index (χ4v) is 7.17. The van der Waals surface area contributed by atoms with Gasteiger partial charge in [0.2, 0.25) is 11.8 Å². The lowest BCUT2D eigenvalue weighted by atomic mass is 9.53. The second-order valence-corrected chi connectivity index (χ2v) is 10.2. The second-order valence-electron chi connectivity index (χ2n) is 10.2. The maximum Gasteiger partial charge on any atom is 0.329 e. The van der Waals surface area contributed by atoms with Crippen LogP contribution >= 0.6 is 0 Å². The van der Waals surface area contributed by atoms with Gasteiger partial charge in [-0.15, -0.1) is 0 Å². The molecule has 0 aromatic rings. The van der Waals surface area contributed by atoms with E-state index in [-0.39, 0.29) is 41.7 Å². The number of likely N-dealkylation sites (tertiary alicyclic amines) is 1. The van der Waals surface area contributed by atoms with Crippen molar-refractivity contribution in [3.63, 3.8) is 0 Å². The van der Waals surface area contributed by atoms with Crippen LogP contribution in [0, 0.1) is 29.6 Å². The highest BCUT2D eigenvalue weighted by atomic mass is 16.5. The molecule has 0 spiro atoms. The van der Waals surface area contributed by atoms with Crippen molar-refractivity contribution in [1.29, 1.82) is 0 Å². The highest BCUT2D eigenvalue weighted by molar-refractivity contribution is 6.08. The molecule has 3 atom stereocenters. The van der Waals surface area contributed by atoms with Gasteiger partial charge in [-0.1, -0.05) is 12.2 Å². The summed E-state index contributed by atoms with van der Waals surface area (Å²) in [6.07, 6.45) is 11.8. The summed E-state index contributed by atoms with van der Waals surface area (Å²) in [4.78, 5) is 51.4. The van der Waals surface area contributed by atoms with E-state index < -0.39 is 12.0 Å². The van der Waals surface area contributed by atoms with E-state index in [1.807, 2.05) is 12.2 Å². The van der Waals surface area contributed by atoms with Crippen molar-refractivity contribution >= 4 is 23.7 Å². The molecule has 1 aliphatic heterocycles. The second kappa shape index (κ2) is 7.20.